The predicted octanol–water partition coefficient (Wildman–Crippen LogP) is 31.1. The maximum Gasteiger partial charge on any atom is 0.0588 e. The van der Waals surface area contributed by atoms with E-state index in [0.717, 1.165) is 11.4 Å². The Morgan fingerprint density at radius 1 is 0.164 bits per heavy atom. The van der Waals surface area contributed by atoms with Gasteiger partial charge in [-0.25, -0.2) is 0 Å². The van der Waals surface area contributed by atoms with Crippen molar-refractivity contribution in [1.82, 2.24) is 13.7 Å². The molecule has 3 nitrogen and oxygen atoms in total. The molecule has 3 aliphatic rings. The molecule has 0 fully saturated rings. The first-order valence-corrected chi connectivity index (χ1v) is 42.6. The van der Waals surface area contributed by atoms with Gasteiger partial charge in [0.1, 0.15) is 0 Å². The number of benzene rings is 20. The second-order valence-corrected chi connectivity index (χ2v) is 33.2. The number of para-hydroxylation sites is 2. The van der Waals surface area contributed by atoms with Gasteiger partial charge in [0.2, 0.25) is 0 Å². The van der Waals surface area contributed by atoms with Crippen LogP contribution in [0.1, 0.15) is 67.8 Å². The molecule has 23 aromatic rings. The monoisotopic (exact) mass is 1550 g/mol. The molecule has 3 heterocycles. The van der Waals surface area contributed by atoms with Crippen LogP contribution in [0.3, 0.4) is 0 Å². The van der Waals surface area contributed by atoms with Crippen molar-refractivity contribution < 1.29 is 0 Å². The van der Waals surface area contributed by atoms with Gasteiger partial charge in [-0.05, 0) is 240 Å². The summed E-state index contributed by atoms with van der Waals surface area (Å²) in [6.07, 6.45) is 0. The van der Waals surface area contributed by atoms with E-state index in [-0.39, 0.29) is 17.8 Å². The molecule has 0 amide bonds. The molecule has 0 aliphatic heterocycles. The fraction of sp³-hybridized carbons (Fsp3) is 0.0252. The lowest BCUT2D eigenvalue weighted by molar-refractivity contribution is 0.997. The van der Waals surface area contributed by atoms with Crippen LogP contribution in [0.15, 0.2) is 449 Å². The highest BCUT2D eigenvalue weighted by molar-refractivity contribution is 6.16. The molecule has 0 spiro atoms. The minimum absolute atomic E-state index is 0.105. The van der Waals surface area contributed by atoms with Crippen LogP contribution in [-0.2, 0) is 0 Å². The van der Waals surface area contributed by atoms with E-state index in [1.807, 2.05) is 0 Å². The molecule has 3 aromatic heterocycles. The summed E-state index contributed by atoms with van der Waals surface area (Å²) in [5.41, 5.74) is 41.0. The standard InChI is InChI=1S/C60H39N.C59H38N2/c1-3-14-38(15-4-1)42-20-13-21-46(35-42)61-55-25-12-11-22-47(55)54-37-44(29-33-56(54)61)43-28-30-50-53(36-43)51-31-32-52-57(40-17-5-2-6-18-40)48-23-9-10-24-49(48)59(52)60(51)58(50)45-27-26-39-16-7-8-19-41(39)34-45;1-3-14-38(15-4-1)42-20-13-21-45(34-42)60-54-25-12-11-23-48(54)52-36-43(27-32-55(52)60)44-28-33-56-53(37-44)51-31-30-50-47-22-9-10-24-49(47)57(40-17-5-2-6-18-40)58(50)59(51)61(56)46-29-26-39-16-7-8-19-41(39)35-46/h1-37,57-58H;1-37,57H. The van der Waals surface area contributed by atoms with Crippen LogP contribution in [0.5, 0.6) is 0 Å². The van der Waals surface area contributed by atoms with Crippen LogP contribution in [0.4, 0.5) is 0 Å². The molecule has 3 aliphatic carbocycles. The SMILES string of the molecule is c1ccc(-c2cccc(-n3c4ccccc4c4cc(-c5ccc6c(c5)-c5ccc7c(c5C6c5ccc6ccccc6c5)-c5ccccc5C7c5ccccc5)ccc43)c2)cc1.c1ccc(-c2cccc(-n3c4ccccc4c4cc(-c5ccc6c(c5)c5ccc7c(c5n6-c5ccc6ccccc6c5)C(c5ccccc5)c5ccccc5-7)ccc43)c2)cc1. The highest BCUT2D eigenvalue weighted by atomic mass is 15.0. The number of hydrogen-bond donors (Lipinski definition) is 0. The van der Waals surface area contributed by atoms with Gasteiger partial charge in [0.15, 0.2) is 0 Å². The Bertz CT molecular complexity index is 8200. The minimum atomic E-state index is 0.105. The molecule has 0 saturated carbocycles. The van der Waals surface area contributed by atoms with Gasteiger partial charge < -0.3 is 13.7 Å². The molecule has 20 aromatic carbocycles. The zero-order chi connectivity index (χ0) is 80.0. The van der Waals surface area contributed by atoms with Gasteiger partial charge >= 0.3 is 0 Å². The van der Waals surface area contributed by atoms with E-state index < -0.39 is 0 Å². The van der Waals surface area contributed by atoms with Gasteiger partial charge in [-0.1, -0.05) is 358 Å². The quantitative estimate of drug-likeness (QED) is 0.130. The van der Waals surface area contributed by atoms with Gasteiger partial charge in [0.25, 0.3) is 0 Å². The largest absolute Gasteiger partial charge is 0.309 e. The summed E-state index contributed by atoms with van der Waals surface area (Å²) >= 11 is 0. The van der Waals surface area contributed by atoms with E-state index in [4.69, 9.17) is 0 Å². The average Bonchev–Trinajstić information content (AvgIpc) is 1.54. The third-order valence-corrected chi connectivity index (χ3v) is 26.7. The van der Waals surface area contributed by atoms with Crippen LogP contribution in [0.25, 0.3) is 182 Å². The van der Waals surface area contributed by atoms with Crippen molar-refractivity contribution in [1.29, 1.82) is 0 Å². The molecular formula is C119H77N3. The second kappa shape index (κ2) is 28.0. The van der Waals surface area contributed by atoms with Crippen molar-refractivity contribution in [2.45, 2.75) is 17.8 Å². The van der Waals surface area contributed by atoms with E-state index in [0.29, 0.717) is 0 Å². The minimum Gasteiger partial charge on any atom is -0.309 e. The summed E-state index contributed by atoms with van der Waals surface area (Å²) in [5, 5.41) is 12.6. The molecule has 0 saturated heterocycles. The van der Waals surface area contributed by atoms with Crippen molar-refractivity contribution in [2.75, 3.05) is 0 Å². The number of fused-ring (bicyclic) bond motifs is 22. The van der Waals surface area contributed by atoms with E-state index >= 15 is 0 Å². The zero-order valence-corrected chi connectivity index (χ0v) is 66.8. The fourth-order valence-corrected chi connectivity index (χ4v) is 21.3. The molecule has 122 heavy (non-hydrogen) atoms. The van der Waals surface area contributed by atoms with E-state index in [9.17, 15) is 0 Å². The normalized spacial score (nSPS) is 14.1. The molecule has 3 atom stereocenters. The highest BCUT2D eigenvalue weighted by Gasteiger charge is 2.40. The lowest BCUT2D eigenvalue weighted by atomic mass is 9.83. The average molecular weight is 1550 g/mol. The van der Waals surface area contributed by atoms with Crippen molar-refractivity contribution in [3.8, 4) is 95.0 Å². The van der Waals surface area contributed by atoms with E-state index in [1.54, 1.807) is 0 Å². The fourth-order valence-electron chi connectivity index (χ4n) is 21.3. The summed E-state index contributed by atoms with van der Waals surface area (Å²) in [6, 6.07) is 167. The number of hydrogen-bond acceptors (Lipinski definition) is 0. The van der Waals surface area contributed by atoms with Gasteiger partial charge in [0.05, 0.1) is 33.1 Å². The maximum absolute atomic E-state index is 2.54. The van der Waals surface area contributed by atoms with Gasteiger partial charge in [-0.3, -0.25) is 0 Å². The summed E-state index contributed by atoms with van der Waals surface area (Å²) in [6.45, 7) is 0. The number of nitrogens with zero attached hydrogens (tertiary/aromatic N) is 3. The van der Waals surface area contributed by atoms with Gasteiger partial charge in [0, 0.05) is 67.1 Å². The molecule has 3 heteroatoms. The Labute approximate surface area is 707 Å². The maximum atomic E-state index is 2.54. The topological polar surface area (TPSA) is 14.8 Å². The summed E-state index contributed by atoms with van der Waals surface area (Å²) in [4.78, 5) is 0. The Hall–Kier alpha value is -15.7. The Morgan fingerprint density at radius 3 is 1.17 bits per heavy atom. The molecular weight excluding hydrogens is 1470 g/mol. The van der Waals surface area contributed by atoms with Crippen LogP contribution in [-0.4, -0.2) is 13.7 Å². The molecule has 568 valence electrons. The number of rotatable bonds is 10. The predicted molar refractivity (Wildman–Crippen MR) is 511 cm³/mol. The van der Waals surface area contributed by atoms with Crippen LogP contribution >= 0.6 is 0 Å². The smallest absolute Gasteiger partial charge is 0.0588 e. The third-order valence-electron chi connectivity index (χ3n) is 26.7. The van der Waals surface area contributed by atoms with Crippen molar-refractivity contribution in [3.63, 3.8) is 0 Å². The first kappa shape index (κ1) is 69.4. The first-order valence-electron chi connectivity index (χ1n) is 42.6. The van der Waals surface area contributed by atoms with Crippen molar-refractivity contribution in [2.24, 2.45) is 0 Å². The summed E-state index contributed by atoms with van der Waals surface area (Å²) in [7, 11) is 0. The van der Waals surface area contributed by atoms with Crippen molar-refractivity contribution >= 4 is 87.0 Å². The number of aromatic nitrogens is 3. The first-order chi connectivity index (χ1) is 60.5. The zero-order valence-electron chi connectivity index (χ0n) is 66.8. The lowest BCUT2D eigenvalue weighted by Crippen LogP contribution is -2.03. The Morgan fingerprint density at radius 2 is 0.566 bits per heavy atom. The van der Waals surface area contributed by atoms with Crippen LogP contribution in [0.2, 0.25) is 0 Å². The molecule has 0 radical (unpaired) electrons. The van der Waals surface area contributed by atoms with Crippen LogP contribution in [0, 0.1) is 0 Å². The molecule has 0 bridgehead atoms. The molecule has 26 rings (SSSR count). The van der Waals surface area contributed by atoms with Crippen molar-refractivity contribution in [3.05, 3.63) is 499 Å². The highest BCUT2D eigenvalue weighted by Crippen LogP contribution is 2.60. The van der Waals surface area contributed by atoms with E-state index in [1.165, 1.54) is 221 Å². The van der Waals surface area contributed by atoms with Crippen LogP contribution < -0.4 is 0 Å². The lowest BCUT2D eigenvalue weighted by Gasteiger charge is -2.20. The summed E-state index contributed by atoms with van der Waals surface area (Å²) < 4.78 is 7.39. The third kappa shape index (κ3) is 11.0. The van der Waals surface area contributed by atoms with Gasteiger partial charge in [-0.2, -0.15) is 0 Å². The molecule has 0 N–H and O–H groups in total. The Kier molecular flexibility index (Phi) is 15.9. The van der Waals surface area contributed by atoms with E-state index in [2.05, 4.69) is 463 Å². The molecule has 3 unspecified atom stereocenters. The summed E-state index contributed by atoms with van der Waals surface area (Å²) in [5.74, 6) is 0.421. The Balaban J connectivity index is 0.000000134. The second-order valence-electron chi connectivity index (χ2n) is 33.2. The van der Waals surface area contributed by atoms with Gasteiger partial charge in [-0.15, -0.1) is 0 Å².